The van der Waals surface area contributed by atoms with Crippen LogP contribution in [0.5, 0.6) is 5.75 Å². The van der Waals surface area contributed by atoms with Gasteiger partial charge < -0.3 is 5.11 Å². The molecule has 0 bridgehead atoms. The SMILES string of the molecule is CC(=O)N1N=C(c2ccc(C)cc2O)C[C@@H]1/C=C/c1ccccc1. The molecule has 2 aromatic carbocycles. The number of carbonyl (C=O) groups is 1. The highest BCUT2D eigenvalue weighted by molar-refractivity contribution is 6.05. The van der Waals surface area contributed by atoms with Crippen LogP contribution in [-0.4, -0.2) is 27.8 Å². The molecule has 1 atom stereocenters. The van der Waals surface area contributed by atoms with Crippen molar-refractivity contribution in [2.24, 2.45) is 5.10 Å². The van der Waals surface area contributed by atoms with Gasteiger partial charge in [0.1, 0.15) is 5.75 Å². The second kappa shape index (κ2) is 6.71. The monoisotopic (exact) mass is 320 g/mol. The quantitative estimate of drug-likeness (QED) is 0.936. The van der Waals surface area contributed by atoms with E-state index in [0.29, 0.717) is 12.0 Å². The number of nitrogens with zero attached hydrogens (tertiary/aromatic N) is 2. The van der Waals surface area contributed by atoms with Crippen LogP contribution in [0, 0.1) is 6.92 Å². The second-order valence-corrected chi connectivity index (χ2v) is 5.97. The molecule has 4 heteroatoms. The number of phenolic OH excluding ortho intramolecular Hbond substituents is 1. The Kier molecular flexibility index (Phi) is 4.47. The van der Waals surface area contributed by atoms with Gasteiger partial charge in [0, 0.05) is 18.9 Å². The third kappa shape index (κ3) is 3.38. The highest BCUT2D eigenvalue weighted by Gasteiger charge is 2.29. The third-order valence-corrected chi connectivity index (χ3v) is 4.04. The number of rotatable bonds is 3. The van der Waals surface area contributed by atoms with Crippen molar-refractivity contribution in [3.8, 4) is 5.75 Å². The van der Waals surface area contributed by atoms with E-state index in [1.165, 1.54) is 11.9 Å². The van der Waals surface area contributed by atoms with E-state index in [2.05, 4.69) is 5.10 Å². The smallest absolute Gasteiger partial charge is 0.240 e. The molecule has 0 spiro atoms. The number of hydrogen-bond acceptors (Lipinski definition) is 3. The highest BCUT2D eigenvalue weighted by Crippen LogP contribution is 2.27. The van der Waals surface area contributed by atoms with E-state index in [1.807, 2.05) is 61.5 Å². The minimum absolute atomic E-state index is 0.112. The molecular weight excluding hydrogens is 300 g/mol. The summed E-state index contributed by atoms with van der Waals surface area (Å²) in [5.41, 5.74) is 3.47. The van der Waals surface area contributed by atoms with Gasteiger partial charge in [0.2, 0.25) is 5.91 Å². The molecule has 0 aliphatic carbocycles. The molecule has 122 valence electrons. The van der Waals surface area contributed by atoms with Gasteiger partial charge in [0.15, 0.2) is 0 Å². The van der Waals surface area contributed by atoms with E-state index in [4.69, 9.17) is 0 Å². The van der Waals surface area contributed by atoms with E-state index in [0.717, 1.165) is 16.8 Å². The molecule has 0 saturated carbocycles. The first kappa shape index (κ1) is 16.0. The Balaban J connectivity index is 1.86. The van der Waals surface area contributed by atoms with Gasteiger partial charge in [0.25, 0.3) is 0 Å². The van der Waals surface area contributed by atoms with Crippen molar-refractivity contribution in [1.82, 2.24) is 5.01 Å². The number of aromatic hydroxyl groups is 1. The summed E-state index contributed by atoms with van der Waals surface area (Å²) in [6.07, 6.45) is 4.56. The van der Waals surface area contributed by atoms with E-state index >= 15 is 0 Å². The summed E-state index contributed by atoms with van der Waals surface area (Å²) < 4.78 is 0. The zero-order chi connectivity index (χ0) is 17.1. The van der Waals surface area contributed by atoms with E-state index in [-0.39, 0.29) is 17.7 Å². The second-order valence-electron chi connectivity index (χ2n) is 5.97. The zero-order valence-electron chi connectivity index (χ0n) is 13.8. The van der Waals surface area contributed by atoms with Crippen LogP contribution in [0.15, 0.2) is 59.7 Å². The molecule has 1 aliphatic heterocycles. The minimum Gasteiger partial charge on any atom is -0.507 e. The van der Waals surface area contributed by atoms with Crippen molar-refractivity contribution < 1.29 is 9.90 Å². The van der Waals surface area contributed by atoms with Crippen molar-refractivity contribution in [3.63, 3.8) is 0 Å². The summed E-state index contributed by atoms with van der Waals surface area (Å²) in [5, 5.41) is 16.1. The average Bonchev–Trinajstić information content (AvgIpc) is 2.98. The van der Waals surface area contributed by atoms with Crippen LogP contribution < -0.4 is 0 Å². The number of hydrazone groups is 1. The molecule has 1 N–H and O–H groups in total. The van der Waals surface area contributed by atoms with Crippen LogP contribution in [0.2, 0.25) is 0 Å². The van der Waals surface area contributed by atoms with Crippen molar-refractivity contribution in [3.05, 3.63) is 71.3 Å². The summed E-state index contributed by atoms with van der Waals surface area (Å²) in [6.45, 7) is 3.43. The minimum atomic E-state index is -0.140. The van der Waals surface area contributed by atoms with Crippen LogP contribution >= 0.6 is 0 Å². The molecule has 3 rings (SSSR count). The first-order valence-corrected chi connectivity index (χ1v) is 7.95. The summed E-state index contributed by atoms with van der Waals surface area (Å²) in [6, 6.07) is 15.3. The molecule has 0 unspecified atom stereocenters. The van der Waals surface area contributed by atoms with Gasteiger partial charge in [-0.1, -0.05) is 48.6 Å². The van der Waals surface area contributed by atoms with E-state index < -0.39 is 0 Å². The average molecular weight is 320 g/mol. The molecule has 2 aromatic rings. The predicted octanol–water partition coefficient (Wildman–Crippen LogP) is 3.74. The highest BCUT2D eigenvalue weighted by atomic mass is 16.3. The Bertz CT molecular complexity index is 810. The van der Waals surface area contributed by atoms with Gasteiger partial charge in [0.05, 0.1) is 11.8 Å². The van der Waals surface area contributed by atoms with Crippen LogP contribution in [0.4, 0.5) is 0 Å². The lowest BCUT2D eigenvalue weighted by molar-refractivity contribution is -0.129. The molecule has 0 saturated heterocycles. The standard InChI is InChI=1S/C20H20N2O2/c1-14-8-11-18(20(24)12-14)19-13-17(22(21-19)15(2)23)10-9-16-6-4-3-5-7-16/h3-12,17,24H,13H2,1-2H3/b10-9+/t17-/m0/s1. The topological polar surface area (TPSA) is 52.9 Å². The largest absolute Gasteiger partial charge is 0.507 e. The first-order valence-electron chi connectivity index (χ1n) is 7.95. The van der Waals surface area contributed by atoms with E-state index in [1.54, 1.807) is 6.07 Å². The molecule has 4 nitrogen and oxygen atoms in total. The van der Waals surface area contributed by atoms with Crippen molar-refractivity contribution in [2.45, 2.75) is 26.3 Å². The number of phenols is 1. The van der Waals surface area contributed by atoms with Crippen LogP contribution in [-0.2, 0) is 4.79 Å². The van der Waals surface area contributed by atoms with Gasteiger partial charge in [-0.2, -0.15) is 5.10 Å². The fraction of sp³-hybridized carbons (Fsp3) is 0.200. The van der Waals surface area contributed by atoms with Gasteiger partial charge in [-0.3, -0.25) is 4.79 Å². The van der Waals surface area contributed by atoms with Crippen molar-refractivity contribution >= 4 is 17.7 Å². The number of aryl methyl sites for hydroxylation is 1. The van der Waals surface area contributed by atoms with Crippen molar-refractivity contribution in [2.75, 3.05) is 0 Å². The summed E-state index contributed by atoms with van der Waals surface area (Å²) in [7, 11) is 0. The Hall–Kier alpha value is -2.88. The van der Waals surface area contributed by atoms with Gasteiger partial charge >= 0.3 is 0 Å². The molecule has 1 heterocycles. The van der Waals surface area contributed by atoms with Gasteiger partial charge in [-0.25, -0.2) is 5.01 Å². The number of amides is 1. The molecule has 0 radical (unpaired) electrons. The first-order chi connectivity index (χ1) is 11.5. The molecule has 24 heavy (non-hydrogen) atoms. The lowest BCUT2D eigenvalue weighted by Gasteiger charge is -2.16. The summed E-state index contributed by atoms with van der Waals surface area (Å²) in [4.78, 5) is 11.9. The molecule has 0 aromatic heterocycles. The molecular formula is C20H20N2O2. The molecule has 1 aliphatic rings. The summed E-state index contributed by atoms with van der Waals surface area (Å²) in [5.74, 6) is 0.0873. The Morgan fingerprint density at radius 1 is 1.25 bits per heavy atom. The third-order valence-electron chi connectivity index (χ3n) is 4.04. The lowest BCUT2D eigenvalue weighted by atomic mass is 10.0. The fourth-order valence-electron chi connectivity index (χ4n) is 2.82. The number of benzene rings is 2. The number of carbonyl (C=O) groups excluding carboxylic acids is 1. The molecule has 1 amide bonds. The zero-order valence-corrected chi connectivity index (χ0v) is 13.8. The van der Waals surface area contributed by atoms with Gasteiger partial charge in [-0.05, 0) is 30.2 Å². The Morgan fingerprint density at radius 2 is 2.00 bits per heavy atom. The van der Waals surface area contributed by atoms with Crippen LogP contribution in [0.25, 0.3) is 6.08 Å². The van der Waals surface area contributed by atoms with E-state index in [9.17, 15) is 9.90 Å². The maximum atomic E-state index is 11.9. The van der Waals surface area contributed by atoms with Crippen LogP contribution in [0.1, 0.15) is 30.0 Å². The maximum absolute atomic E-state index is 11.9. The lowest BCUT2D eigenvalue weighted by Crippen LogP contribution is -2.29. The Morgan fingerprint density at radius 3 is 2.67 bits per heavy atom. The maximum Gasteiger partial charge on any atom is 0.240 e. The number of hydrogen-bond donors (Lipinski definition) is 1. The normalized spacial score (nSPS) is 17.3. The van der Waals surface area contributed by atoms with Crippen molar-refractivity contribution in [1.29, 1.82) is 0 Å². The van der Waals surface area contributed by atoms with Gasteiger partial charge in [-0.15, -0.1) is 0 Å². The summed E-state index contributed by atoms with van der Waals surface area (Å²) >= 11 is 0. The predicted molar refractivity (Wildman–Crippen MR) is 95.8 cm³/mol. The fourth-order valence-corrected chi connectivity index (χ4v) is 2.82. The molecule has 0 fully saturated rings. The Labute approximate surface area is 141 Å². The van der Waals surface area contributed by atoms with Crippen LogP contribution in [0.3, 0.4) is 0 Å².